The molecule has 0 spiro atoms. The molecule has 1 aliphatic rings. The van der Waals surface area contributed by atoms with E-state index in [0.29, 0.717) is 17.2 Å². The second-order valence-electron chi connectivity index (χ2n) is 5.81. The smallest absolute Gasteiger partial charge is 0.241 e. The zero-order valence-corrected chi connectivity index (χ0v) is 15.5. The van der Waals surface area contributed by atoms with E-state index in [2.05, 4.69) is 10.0 Å². The fourth-order valence-electron chi connectivity index (χ4n) is 2.42. The van der Waals surface area contributed by atoms with Crippen LogP contribution in [0.5, 0.6) is 17.2 Å². The highest BCUT2D eigenvalue weighted by Crippen LogP contribution is 2.34. The van der Waals surface area contributed by atoms with Crippen molar-refractivity contribution >= 4 is 15.9 Å². The Kier molecular flexibility index (Phi) is 5.82. The molecule has 2 aromatic rings. The Bertz CT molecular complexity index is 901. The summed E-state index contributed by atoms with van der Waals surface area (Å²) in [7, 11) is -3.75. The molecule has 3 rings (SSSR count). The van der Waals surface area contributed by atoms with Crippen molar-refractivity contribution in [3.63, 3.8) is 0 Å². The molecule has 0 aliphatic carbocycles. The lowest BCUT2D eigenvalue weighted by Gasteiger charge is -2.15. The molecule has 0 unspecified atom stereocenters. The molecule has 0 saturated heterocycles. The summed E-state index contributed by atoms with van der Waals surface area (Å²) in [6.45, 7) is 2.12. The normalized spacial score (nSPS) is 13.8. The van der Waals surface area contributed by atoms with Crippen molar-refractivity contribution < 1.29 is 27.4 Å². The zero-order chi connectivity index (χ0) is 19.3. The Hall–Kier alpha value is -2.78. The summed E-state index contributed by atoms with van der Waals surface area (Å²) in [5.41, 5.74) is 0. The number of amides is 1. The molecule has 0 bridgehead atoms. The van der Waals surface area contributed by atoms with Crippen LogP contribution < -0.4 is 24.2 Å². The van der Waals surface area contributed by atoms with Gasteiger partial charge in [0.25, 0.3) is 0 Å². The predicted octanol–water partition coefficient (Wildman–Crippen LogP) is 1.28. The van der Waals surface area contributed by atoms with E-state index >= 15 is 0 Å². The number of hydrogen-bond acceptors (Lipinski definition) is 6. The van der Waals surface area contributed by atoms with Crippen molar-refractivity contribution in [1.29, 1.82) is 0 Å². The van der Waals surface area contributed by atoms with Gasteiger partial charge in [-0.3, -0.25) is 4.79 Å². The van der Waals surface area contributed by atoms with Gasteiger partial charge in [0.1, 0.15) is 12.4 Å². The highest BCUT2D eigenvalue weighted by atomic mass is 32.2. The molecule has 1 heterocycles. The standard InChI is InChI=1S/C18H20N2O6S/c1-13(20-27(22,23)15-5-3-2-4-6-15)18(21)19-9-10-24-14-7-8-16-17(11-14)26-12-25-16/h2-8,11,13,20H,9-10,12H2,1H3,(H,19,21)/t13-/m0/s1. The van der Waals surface area contributed by atoms with E-state index in [-0.39, 0.29) is 24.8 Å². The van der Waals surface area contributed by atoms with Crippen LogP contribution in [-0.2, 0) is 14.8 Å². The molecule has 1 aliphatic heterocycles. The van der Waals surface area contributed by atoms with Gasteiger partial charge in [-0.1, -0.05) is 18.2 Å². The SMILES string of the molecule is C[C@H](NS(=O)(=O)c1ccccc1)C(=O)NCCOc1ccc2c(c1)OCO2. The van der Waals surface area contributed by atoms with Gasteiger partial charge >= 0.3 is 0 Å². The van der Waals surface area contributed by atoms with Crippen LogP contribution in [0.2, 0.25) is 0 Å². The maximum Gasteiger partial charge on any atom is 0.241 e. The minimum absolute atomic E-state index is 0.107. The molecule has 0 aromatic heterocycles. The van der Waals surface area contributed by atoms with E-state index in [9.17, 15) is 13.2 Å². The van der Waals surface area contributed by atoms with Crippen LogP contribution in [0.3, 0.4) is 0 Å². The van der Waals surface area contributed by atoms with Crippen LogP contribution in [0.15, 0.2) is 53.4 Å². The van der Waals surface area contributed by atoms with E-state index in [4.69, 9.17) is 14.2 Å². The molecule has 144 valence electrons. The number of benzene rings is 2. The van der Waals surface area contributed by atoms with Gasteiger partial charge in [0.05, 0.1) is 17.5 Å². The first-order valence-corrected chi connectivity index (χ1v) is 9.81. The van der Waals surface area contributed by atoms with Crippen molar-refractivity contribution in [2.24, 2.45) is 0 Å². The molecule has 2 N–H and O–H groups in total. The average molecular weight is 392 g/mol. The summed E-state index contributed by atoms with van der Waals surface area (Å²) < 4.78 is 42.8. The van der Waals surface area contributed by atoms with Crippen LogP contribution in [-0.4, -0.2) is 40.3 Å². The lowest BCUT2D eigenvalue weighted by molar-refractivity contribution is -0.122. The van der Waals surface area contributed by atoms with Gasteiger partial charge in [-0.25, -0.2) is 8.42 Å². The Morgan fingerprint density at radius 3 is 2.67 bits per heavy atom. The van der Waals surface area contributed by atoms with Gasteiger partial charge < -0.3 is 19.5 Å². The number of carbonyl (C=O) groups excluding carboxylic acids is 1. The highest BCUT2D eigenvalue weighted by Gasteiger charge is 2.21. The molecule has 0 saturated carbocycles. The monoisotopic (exact) mass is 392 g/mol. The van der Waals surface area contributed by atoms with E-state index in [1.807, 2.05) is 0 Å². The van der Waals surface area contributed by atoms with Crippen molar-refractivity contribution in [1.82, 2.24) is 10.0 Å². The second kappa shape index (κ2) is 8.28. The molecular formula is C18H20N2O6S. The Balaban J connectivity index is 1.43. The summed E-state index contributed by atoms with van der Waals surface area (Å²) >= 11 is 0. The van der Waals surface area contributed by atoms with Gasteiger partial charge in [-0.2, -0.15) is 4.72 Å². The van der Waals surface area contributed by atoms with Crippen LogP contribution in [0.25, 0.3) is 0 Å². The first kappa shape index (κ1) is 19.0. The van der Waals surface area contributed by atoms with Crippen LogP contribution >= 0.6 is 0 Å². The van der Waals surface area contributed by atoms with Crippen LogP contribution in [0, 0.1) is 0 Å². The van der Waals surface area contributed by atoms with Gasteiger partial charge in [0.2, 0.25) is 22.7 Å². The third-order valence-corrected chi connectivity index (χ3v) is 5.35. The van der Waals surface area contributed by atoms with Gasteiger partial charge in [-0.05, 0) is 31.2 Å². The van der Waals surface area contributed by atoms with E-state index in [1.54, 1.807) is 36.4 Å². The van der Waals surface area contributed by atoms with Crippen molar-refractivity contribution in [2.45, 2.75) is 17.9 Å². The topological polar surface area (TPSA) is 103 Å². The number of sulfonamides is 1. The largest absolute Gasteiger partial charge is 0.492 e. The summed E-state index contributed by atoms with van der Waals surface area (Å²) in [4.78, 5) is 12.2. The molecule has 9 heteroatoms. The average Bonchev–Trinajstić information content (AvgIpc) is 3.13. The molecule has 8 nitrogen and oxygen atoms in total. The molecule has 1 amide bonds. The molecule has 27 heavy (non-hydrogen) atoms. The third kappa shape index (κ3) is 4.89. The van der Waals surface area contributed by atoms with Crippen molar-refractivity contribution in [2.75, 3.05) is 19.9 Å². The number of rotatable bonds is 8. The number of carbonyl (C=O) groups is 1. The zero-order valence-electron chi connectivity index (χ0n) is 14.7. The first-order valence-electron chi connectivity index (χ1n) is 8.33. The number of nitrogens with one attached hydrogen (secondary N) is 2. The lowest BCUT2D eigenvalue weighted by atomic mass is 10.3. The highest BCUT2D eigenvalue weighted by molar-refractivity contribution is 7.89. The van der Waals surface area contributed by atoms with Crippen molar-refractivity contribution in [3.05, 3.63) is 48.5 Å². The second-order valence-corrected chi connectivity index (χ2v) is 7.52. The maximum atomic E-state index is 12.2. The Morgan fingerprint density at radius 1 is 1.15 bits per heavy atom. The Labute approximate surface area is 157 Å². The quantitative estimate of drug-likeness (QED) is 0.656. The summed E-state index contributed by atoms with van der Waals surface area (Å²) in [6.07, 6.45) is 0. The van der Waals surface area contributed by atoms with Gasteiger partial charge in [0, 0.05) is 6.07 Å². The molecule has 2 aromatic carbocycles. The third-order valence-electron chi connectivity index (χ3n) is 3.79. The van der Waals surface area contributed by atoms with Crippen molar-refractivity contribution in [3.8, 4) is 17.2 Å². The fourth-order valence-corrected chi connectivity index (χ4v) is 3.64. The lowest BCUT2D eigenvalue weighted by Crippen LogP contribution is -2.45. The summed E-state index contributed by atoms with van der Waals surface area (Å²) in [5.74, 6) is 1.42. The first-order chi connectivity index (χ1) is 13.0. The molecule has 0 radical (unpaired) electrons. The fraction of sp³-hybridized carbons (Fsp3) is 0.278. The van der Waals surface area contributed by atoms with E-state index in [1.165, 1.54) is 19.1 Å². The molecule has 1 atom stereocenters. The number of hydrogen-bond donors (Lipinski definition) is 2. The van der Waals surface area contributed by atoms with E-state index < -0.39 is 22.0 Å². The predicted molar refractivity (Wildman–Crippen MR) is 97.3 cm³/mol. The summed E-state index contributed by atoms with van der Waals surface area (Å²) in [5, 5.41) is 2.63. The summed E-state index contributed by atoms with van der Waals surface area (Å²) in [6, 6.07) is 12.2. The van der Waals surface area contributed by atoms with Gasteiger partial charge in [-0.15, -0.1) is 0 Å². The number of fused-ring (bicyclic) bond motifs is 1. The van der Waals surface area contributed by atoms with Crippen LogP contribution in [0.4, 0.5) is 0 Å². The minimum Gasteiger partial charge on any atom is -0.492 e. The maximum absolute atomic E-state index is 12.2. The van der Waals surface area contributed by atoms with E-state index in [0.717, 1.165) is 0 Å². The van der Waals surface area contributed by atoms with Gasteiger partial charge in [0.15, 0.2) is 11.5 Å². The number of ether oxygens (including phenoxy) is 3. The Morgan fingerprint density at radius 2 is 1.89 bits per heavy atom. The molecular weight excluding hydrogens is 372 g/mol. The minimum atomic E-state index is -3.75. The molecule has 0 fully saturated rings. The van der Waals surface area contributed by atoms with Crippen LogP contribution in [0.1, 0.15) is 6.92 Å².